The van der Waals surface area contributed by atoms with E-state index in [0.717, 1.165) is 0 Å². The molecule has 0 saturated carbocycles. The van der Waals surface area contributed by atoms with E-state index in [-0.39, 0.29) is 34.1 Å². The van der Waals surface area contributed by atoms with Crippen molar-refractivity contribution in [2.75, 3.05) is 0 Å². The van der Waals surface area contributed by atoms with Crippen LogP contribution < -0.4 is 0 Å². The van der Waals surface area contributed by atoms with Crippen molar-refractivity contribution in [1.82, 2.24) is 0 Å². The summed E-state index contributed by atoms with van der Waals surface area (Å²) in [5.41, 5.74) is 2.62. The summed E-state index contributed by atoms with van der Waals surface area (Å²) >= 11 is 0. The van der Waals surface area contributed by atoms with Gasteiger partial charge in [-0.05, 0) is 0 Å². The second-order valence-corrected chi connectivity index (χ2v) is 2.35. The molecule has 0 aromatic heterocycles. The fourth-order valence-corrected chi connectivity index (χ4v) is 1.13. The summed E-state index contributed by atoms with van der Waals surface area (Å²) in [6.07, 6.45) is 16.7. The van der Waals surface area contributed by atoms with E-state index in [9.17, 15) is 0 Å². The Kier molecular flexibility index (Phi) is 105. The third-order valence-electron chi connectivity index (χ3n) is 1.66. The fourth-order valence-electron chi connectivity index (χ4n) is 1.13. The zero-order chi connectivity index (χ0) is 18.8. The molecule has 0 amide bonds. The van der Waals surface area contributed by atoms with Crippen LogP contribution in [0.3, 0.4) is 0 Å². The molecule has 2 aliphatic carbocycles. The van der Waals surface area contributed by atoms with Crippen molar-refractivity contribution >= 4 is 0 Å². The number of allylic oxidation sites excluding steroid dienone is 8. The van der Waals surface area contributed by atoms with Gasteiger partial charge in [0.1, 0.15) is 0 Å². The van der Waals surface area contributed by atoms with Crippen molar-refractivity contribution in [3.8, 4) is 0 Å². The molecule has 0 N–H and O–H groups in total. The van der Waals surface area contributed by atoms with Gasteiger partial charge in [0.2, 0.25) is 0 Å². The summed E-state index contributed by atoms with van der Waals surface area (Å²) in [6, 6.07) is 0. The molecular formula is C16H8Mn2O6-2. The predicted molar refractivity (Wildman–Crippen MR) is 66.6 cm³/mol. The van der Waals surface area contributed by atoms with Gasteiger partial charge in [0.15, 0.2) is 0 Å². The van der Waals surface area contributed by atoms with E-state index in [2.05, 4.69) is 89.2 Å². The van der Waals surface area contributed by atoms with Gasteiger partial charge in [-0.15, -0.1) is 12.2 Å². The quantitative estimate of drug-likeness (QED) is 0.333. The maximum Gasteiger partial charge on any atom is 0 e. The first-order valence-corrected chi connectivity index (χ1v) is 4.63. The van der Waals surface area contributed by atoms with Crippen LogP contribution >= 0.6 is 0 Å². The molecular weight excluding hydrogens is 398 g/mol. The van der Waals surface area contributed by atoms with Crippen molar-refractivity contribution in [3.63, 3.8) is 0 Å². The average molecular weight is 406 g/mol. The van der Waals surface area contributed by atoms with E-state index in [1.807, 2.05) is 0 Å². The van der Waals surface area contributed by atoms with Crippen LogP contribution in [-0.2, 0) is 62.1 Å². The van der Waals surface area contributed by atoms with Crippen LogP contribution in [-0.4, -0.2) is 0 Å². The van der Waals surface area contributed by atoms with Crippen molar-refractivity contribution in [3.05, 3.63) is 100 Å². The molecule has 124 valence electrons. The van der Waals surface area contributed by atoms with Gasteiger partial charge in [-0.1, -0.05) is 12.2 Å². The Balaban J connectivity index is -0.0000000360. The third-order valence-corrected chi connectivity index (χ3v) is 1.66. The molecule has 0 bridgehead atoms. The molecule has 2 radical (unpaired) electrons. The van der Waals surface area contributed by atoms with Gasteiger partial charge < -0.3 is 6.42 Å². The molecule has 0 aromatic rings. The third kappa shape index (κ3) is 28.4. The van der Waals surface area contributed by atoms with Crippen LogP contribution in [0.25, 0.3) is 0 Å². The SMILES string of the molecule is C1=CC(=C2[CH-]C=C[CH-]2)C=C1.[C-]#[O+].[C-]#[O+].[C-]#[O+].[C-]#[O+].[C-]#[O+].[C-]#[O+].[Mn].[Mn]. The summed E-state index contributed by atoms with van der Waals surface area (Å²) in [4.78, 5) is 0. The monoisotopic (exact) mass is 406 g/mol. The Labute approximate surface area is 162 Å². The Morgan fingerprint density at radius 2 is 0.792 bits per heavy atom. The summed E-state index contributed by atoms with van der Waals surface area (Å²) in [5, 5.41) is 0. The number of hydrogen-bond donors (Lipinski definition) is 0. The second-order valence-electron chi connectivity index (χ2n) is 2.35. The normalized spacial score (nSPS) is 8.83. The van der Waals surface area contributed by atoms with Crippen molar-refractivity contribution in [1.29, 1.82) is 0 Å². The van der Waals surface area contributed by atoms with Gasteiger partial charge in [-0.3, -0.25) is 11.6 Å². The van der Waals surface area contributed by atoms with Gasteiger partial charge in [-0.2, -0.15) is 5.57 Å². The topological polar surface area (TPSA) is 119 Å². The molecule has 24 heavy (non-hydrogen) atoms. The maximum absolute atomic E-state index is 7.50. The van der Waals surface area contributed by atoms with E-state index in [0.29, 0.717) is 0 Å². The van der Waals surface area contributed by atoms with Gasteiger partial charge >= 0.3 is 67.8 Å². The zero-order valence-electron chi connectivity index (χ0n) is 11.8. The van der Waals surface area contributed by atoms with Crippen LogP contribution in [0.2, 0.25) is 0 Å². The second kappa shape index (κ2) is 58.1. The van der Waals surface area contributed by atoms with Crippen molar-refractivity contribution in [2.24, 2.45) is 0 Å². The van der Waals surface area contributed by atoms with Crippen molar-refractivity contribution < 1.29 is 62.1 Å². The van der Waals surface area contributed by atoms with E-state index < -0.39 is 0 Å². The summed E-state index contributed by atoms with van der Waals surface area (Å²) < 4.78 is 45.0. The van der Waals surface area contributed by atoms with Crippen LogP contribution in [0, 0.1) is 52.7 Å². The van der Waals surface area contributed by atoms with Gasteiger partial charge in [0, 0.05) is 34.1 Å². The molecule has 0 atom stereocenters. The van der Waals surface area contributed by atoms with E-state index in [4.69, 9.17) is 27.9 Å². The van der Waals surface area contributed by atoms with Crippen LogP contribution in [0.1, 0.15) is 0 Å². The molecule has 0 aliphatic heterocycles. The Bertz CT molecular complexity index is 418. The molecule has 0 heterocycles. The van der Waals surface area contributed by atoms with E-state index >= 15 is 0 Å². The minimum atomic E-state index is 0. The molecule has 8 heteroatoms. The predicted octanol–water partition coefficient (Wildman–Crippen LogP) is 2.16. The van der Waals surface area contributed by atoms with Gasteiger partial charge in [0.05, 0.1) is 0 Å². The number of rotatable bonds is 0. The first kappa shape index (κ1) is 43.2. The average Bonchev–Trinajstić information content (AvgIpc) is 3.39. The summed E-state index contributed by atoms with van der Waals surface area (Å²) in [7, 11) is 0. The van der Waals surface area contributed by atoms with Crippen molar-refractivity contribution in [2.45, 2.75) is 0 Å². The van der Waals surface area contributed by atoms with Crippen LogP contribution in [0.5, 0.6) is 0 Å². The van der Waals surface area contributed by atoms with Gasteiger partial charge in [0.25, 0.3) is 0 Å². The van der Waals surface area contributed by atoms with E-state index in [1.165, 1.54) is 11.1 Å². The van der Waals surface area contributed by atoms with Crippen LogP contribution in [0.4, 0.5) is 0 Å². The Hall–Kier alpha value is -1.82. The molecule has 0 saturated heterocycles. The molecule has 0 unspecified atom stereocenters. The molecule has 0 spiro atoms. The van der Waals surface area contributed by atoms with Gasteiger partial charge in [-0.25, -0.2) is 12.5 Å². The minimum absolute atomic E-state index is 0. The number of hydrogen-bond acceptors (Lipinski definition) is 0. The molecule has 2 aliphatic rings. The Morgan fingerprint density at radius 3 is 1.04 bits per heavy atom. The molecule has 0 fully saturated rings. The first-order chi connectivity index (χ1) is 11.0. The van der Waals surface area contributed by atoms with E-state index in [1.54, 1.807) is 0 Å². The largest absolute Gasteiger partial charge is 0 e. The fraction of sp³-hybridized carbons (Fsp3) is 0. The maximum atomic E-state index is 7.50. The summed E-state index contributed by atoms with van der Waals surface area (Å²) in [5.74, 6) is 0. The molecule has 0 aromatic carbocycles. The first-order valence-electron chi connectivity index (χ1n) is 4.63. The van der Waals surface area contributed by atoms with Crippen LogP contribution in [0.15, 0.2) is 47.6 Å². The summed E-state index contributed by atoms with van der Waals surface area (Å²) in [6.45, 7) is 27.0. The molecule has 2 rings (SSSR count). The standard InChI is InChI=1S/C10H8.6CO.2Mn/c1-2-6-9(5-1)10-7-3-4-8-10;6*1-2;;/h1-8H;;;;;;;;/q-2;;;;;;;;. The Morgan fingerprint density at radius 1 is 0.542 bits per heavy atom. The minimum Gasteiger partial charge on any atom is 0 e. The smallest absolute Gasteiger partial charge is 0 e. The zero-order valence-corrected chi connectivity index (χ0v) is 14.2. The molecule has 6 nitrogen and oxygen atoms in total.